The van der Waals surface area contributed by atoms with Crippen LogP contribution in [0.1, 0.15) is 37.0 Å². The highest BCUT2D eigenvalue weighted by Gasteiger charge is 2.23. The molecular formula is C23H27F2N3O4S2. The maximum atomic E-state index is 14.5. The summed E-state index contributed by atoms with van der Waals surface area (Å²) in [6.45, 7) is 5.10. The van der Waals surface area contributed by atoms with Gasteiger partial charge >= 0.3 is 0 Å². The standard InChI is InChI=1S/C23H27F2N3O4S2/c1-4-10-27(11-5-2)34(30,31)18-8-6-16(7-9-18)22(29)26-23-28(12-13-32-3)21-19(25)14-17(24)15-20(21)33-23/h6-9,14-15H,4-5,10-13H2,1-3H3. The van der Waals surface area contributed by atoms with E-state index in [1.165, 1.54) is 46.3 Å². The van der Waals surface area contributed by atoms with Gasteiger partial charge in [-0.1, -0.05) is 25.2 Å². The fourth-order valence-electron chi connectivity index (χ4n) is 3.53. The van der Waals surface area contributed by atoms with Gasteiger partial charge in [-0.3, -0.25) is 4.79 Å². The third kappa shape index (κ3) is 5.60. The molecule has 2 aromatic carbocycles. The lowest BCUT2D eigenvalue weighted by atomic mass is 10.2. The molecule has 3 aromatic rings. The molecule has 34 heavy (non-hydrogen) atoms. The molecule has 0 spiro atoms. The number of halogens is 2. The number of rotatable bonds is 10. The van der Waals surface area contributed by atoms with Gasteiger partial charge < -0.3 is 9.30 Å². The van der Waals surface area contributed by atoms with Crippen LogP contribution in [-0.4, -0.2) is 50.0 Å². The average Bonchev–Trinajstić information content (AvgIpc) is 3.14. The maximum Gasteiger partial charge on any atom is 0.279 e. The normalized spacial score (nSPS) is 12.7. The molecule has 0 aliphatic heterocycles. The number of carbonyl (C=O) groups is 1. The van der Waals surface area contributed by atoms with Crippen molar-refractivity contribution in [1.82, 2.24) is 8.87 Å². The Hall–Kier alpha value is -2.47. The number of methoxy groups -OCH3 is 1. The first-order valence-corrected chi connectivity index (χ1v) is 13.1. The predicted molar refractivity (Wildman–Crippen MR) is 127 cm³/mol. The molecule has 184 valence electrons. The largest absolute Gasteiger partial charge is 0.383 e. The summed E-state index contributed by atoms with van der Waals surface area (Å²) < 4.78 is 62.3. The van der Waals surface area contributed by atoms with Crippen molar-refractivity contribution in [2.24, 2.45) is 4.99 Å². The van der Waals surface area contributed by atoms with Gasteiger partial charge in [-0.05, 0) is 43.2 Å². The molecule has 0 unspecified atom stereocenters. The molecule has 0 saturated carbocycles. The van der Waals surface area contributed by atoms with Crippen LogP contribution in [0.25, 0.3) is 10.2 Å². The van der Waals surface area contributed by atoms with Crippen LogP contribution in [0, 0.1) is 11.6 Å². The predicted octanol–water partition coefficient (Wildman–Crippen LogP) is 4.18. The van der Waals surface area contributed by atoms with Gasteiger partial charge in [0.2, 0.25) is 10.0 Å². The number of sulfonamides is 1. The van der Waals surface area contributed by atoms with Crippen molar-refractivity contribution in [3.05, 3.63) is 58.4 Å². The van der Waals surface area contributed by atoms with Crippen molar-refractivity contribution >= 4 is 37.5 Å². The molecule has 0 fully saturated rings. The zero-order valence-corrected chi connectivity index (χ0v) is 20.9. The van der Waals surface area contributed by atoms with Gasteiger partial charge in [-0.15, -0.1) is 0 Å². The summed E-state index contributed by atoms with van der Waals surface area (Å²) in [5.74, 6) is -2.10. The van der Waals surface area contributed by atoms with E-state index in [-0.39, 0.29) is 33.9 Å². The van der Waals surface area contributed by atoms with Crippen molar-refractivity contribution in [2.75, 3.05) is 26.8 Å². The highest BCUT2D eigenvalue weighted by Crippen LogP contribution is 2.23. The summed E-state index contributed by atoms with van der Waals surface area (Å²) in [6.07, 6.45) is 1.38. The van der Waals surface area contributed by atoms with E-state index in [1.807, 2.05) is 13.8 Å². The van der Waals surface area contributed by atoms with Crippen molar-refractivity contribution in [3.63, 3.8) is 0 Å². The zero-order chi connectivity index (χ0) is 24.9. The van der Waals surface area contributed by atoms with E-state index in [9.17, 15) is 22.0 Å². The monoisotopic (exact) mass is 511 g/mol. The number of amides is 1. The Labute approximate surface area is 201 Å². The minimum absolute atomic E-state index is 0.0977. The number of carbonyl (C=O) groups excluding carboxylic acids is 1. The maximum absolute atomic E-state index is 14.5. The van der Waals surface area contributed by atoms with Crippen molar-refractivity contribution < 1.29 is 26.7 Å². The Morgan fingerprint density at radius 2 is 1.76 bits per heavy atom. The molecular weight excluding hydrogens is 484 g/mol. The first-order valence-electron chi connectivity index (χ1n) is 10.9. The number of fused-ring (bicyclic) bond motifs is 1. The molecule has 7 nitrogen and oxygen atoms in total. The van der Waals surface area contributed by atoms with Gasteiger partial charge in [-0.25, -0.2) is 17.2 Å². The first-order chi connectivity index (χ1) is 16.2. The Kier molecular flexibility index (Phi) is 8.69. The van der Waals surface area contributed by atoms with Crippen LogP contribution in [0.5, 0.6) is 0 Å². The highest BCUT2D eigenvalue weighted by atomic mass is 32.2. The van der Waals surface area contributed by atoms with E-state index in [2.05, 4.69) is 4.99 Å². The van der Waals surface area contributed by atoms with Crippen LogP contribution in [0.4, 0.5) is 8.78 Å². The van der Waals surface area contributed by atoms with E-state index in [1.54, 1.807) is 0 Å². The highest BCUT2D eigenvalue weighted by molar-refractivity contribution is 7.89. The summed E-state index contributed by atoms with van der Waals surface area (Å²) in [4.78, 5) is 17.2. The van der Waals surface area contributed by atoms with E-state index in [0.717, 1.165) is 17.4 Å². The third-order valence-corrected chi connectivity index (χ3v) is 8.03. The van der Waals surface area contributed by atoms with Crippen molar-refractivity contribution in [2.45, 2.75) is 38.1 Å². The number of benzene rings is 2. The Balaban J connectivity index is 1.98. The molecule has 1 heterocycles. The van der Waals surface area contributed by atoms with Crippen LogP contribution in [0.3, 0.4) is 0 Å². The van der Waals surface area contributed by atoms with Crippen LogP contribution in [0.15, 0.2) is 46.3 Å². The quantitative estimate of drug-likeness (QED) is 0.409. The van der Waals surface area contributed by atoms with Gasteiger partial charge in [0.15, 0.2) is 10.6 Å². The second kappa shape index (κ2) is 11.3. The summed E-state index contributed by atoms with van der Waals surface area (Å²) in [5, 5.41) is 0. The minimum atomic E-state index is -3.67. The molecule has 0 aliphatic rings. The molecule has 0 aliphatic carbocycles. The number of thiazole rings is 1. The zero-order valence-electron chi connectivity index (χ0n) is 19.3. The van der Waals surface area contributed by atoms with Gasteiger partial charge in [0, 0.05) is 38.4 Å². The number of ether oxygens (including phenoxy) is 1. The Morgan fingerprint density at radius 3 is 2.35 bits per heavy atom. The lowest BCUT2D eigenvalue weighted by molar-refractivity contribution is 0.0997. The van der Waals surface area contributed by atoms with Gasteiger partial charge in [0.05, 0.1) is 21.7 Å². The van der Waals surface area contributed by atoms with E-state index in [0.29, 0.717) is 30.6 Å². The van der Waals surface area contributed by atoms with Gasteiger partial charge in [0.1, 0.15) is 5.82 Å². The number of nitrogens with zero attached hydrogens (tertiary/aromatic N) is 3. The third-order valence-electron chi connectivity index (χ3n) is 5.10. The topological polar surface area (TPSA) is 81.0 Å². The molecule has 0 atom stereocenters. The molecule has 0 saturated heterocycles. The molecule has 0 N–H and O–H groups in total. The number of hydrogen-bond donors (Lipinski definition) is 0. The molecule has 0 radical (unpaired) electrons. The second-order valence-electron chi connectivity index (χ2n) is 7.61. The summed E-state index contributed by atoms with van der Waals surface area (Å²) >= 11 is 0.985. The minimum Gasteiger partial charge on any atom is -0.383 e. The molecule has 0 bridgehead atoms. The Bertz CT molecular complexity index is 1330. The van der Waals surface area contributed by atoms with E-state index >= 15 is 0 Å². The lowest BCUT2D eigenvalue weighted by Crippen LogP contribution is -2.32. The summed E-state index contributed by atoms with van der Waals surface area (Å²) in [6, 6.07) is 7.55. The first kappa shape index (κ1) is 26.1. The van der Waals surface area contributed by atoms with E-state index < -0.39 is 27.6 Å². The van der Waals surface area contributed by atoms with Gasteiger partial charge in [0.25, 0.3) is 5.91 Å². The van der Waals surface area contributed by atoms with Crippen molar-refractivity contribution in [1.29, 1.82) is 0 Å². The molecule has 1 aromatic heterocycles. The lowest BCUT2D eigenvalue weighted by Gasteiger charge is -2.21. The van der Waals surface area contributed by atoms with Gasteiger partial charge in [-0.2, -0.15) is 9.30 Å². The van der Waals surface area contributed by atoms with E-state index in [4.69, 9.17) is 4.74 Å². The number of hydrogen-bond acceptors (Lipinski definition) is 5. The SMILES string of the molecule is CCCN(CCC)S(=O)(=O)c1ccc(C(=O)N=c2sc3cc(F)cc(F)c3n2CCOC)cc1. The second-order valence-corrected chi connectivity index (χ2v) is 10.6. The fraction of sp³-hybridized carbons (Fsp3) is 0.391. The van der Waals surface area contributed by atoms with Crippen LogP contribution < -0.4 is 4.80 Å². The van der Waals surface area contributed by atoms with Crippen molar-refractivity contribution in [3.8, 4) is 0 Å². The smallest absolute Gasteiger partial charge is 0.279 e. The Morgan fingerprint density at radius 1 is 1.12 bits per heavy atom. The average molecular weight is 512 g/mol. The molecule has 3 rings (SSSR count). The summed E-state index contributed by atoms with van der Waals surface area (Å²) in [5.41, 5.74) is 0.322. The van der Waals surface area contributed by atoms with Crippen LogP contribution in [0.2, 0.25) is 0 Å². The van der Waals surface area contributed by atoms with Crippen LogP contribution >= 0.6 is 11.3 Å². The molecule has 1 amide bonds. The summed E-state index contributed by atoms with van der Waals surface area (Å²) in [7, 11) is -2.18. The number of aromatic nitrogens is 1. The van der Waals surface area contributed by atoms with Crippen LogP contribution in [-0.2, 0) is 21.3 Å². The molecule has 11 heteroatoms. The fourth-order valence-corrected chi connectivity index (χ4v) is 6.24.